The van der Waals surface area contributed by atoms with Crippen LogP contribution in [-0.2, 0) is 22.7 Å². The van der Waals surface area contributed by atoms with Gasteiger partial charge in [0, 0.05) is 38.7 Å². The maximum atomic E-state index is 12.3. The SMILES string of the molecule is COCc1ccc(CNC(=O)CN2C[C@@H](N)[C@H](c3ccccc3)C2)cc1.Cl. The van der Waals surface area contributed by atoms with Gasteiger partial charge in [0.15, 0.2) is 0 Å². The first-order valence-corrected chi connectivity index (χ1v) is 9.02. The summed E-state index contributed by atoms with van der Waals surface area (Å²) in [6.45, 7) is 3.10. The summed E-state index contributed by atoms with van der Waals surface area (Å²) in [5, 5.41) is 2.99. The molecule has 1 fully saturated rings. The van der Waals surface area contributed by atoms with Crippen molar-refractivity contribution >= 4 is 18.3 Å². The van der Waals surface area contributed by atoms with Crippen LogP contribution in [0.1, 0.15) is 22.6 Å². The quantitative estimate of drug-likeness (QED) is 0.762. The highest BCUT2D eigenvalue weighted by molar-refractivity contribution is 5.85. The largest absolute Gasteiger partial charge is 0.380 e. The van der Waals surface area contributed by atoms with Crippen molar-refractivity contribution in [1.82, 2.24) is 10.2 Å². The van der Waals surface area contributed by atoms with Crippen LogP contribution in [0.4, 0.5) is 0 Å². The predicted octanol–water partition coefficient (Wildman–Crippen LogP) is 2.30. The van der Waals surface area contributed by atoms with Gasteiger partial charge >= 0.3 is 0 Å². The Balaban J connectivity index is 0.00000261. The van der Waals surface area contributed by atoms with Crippen molar-refractivity contribution in [3.05, 3.63) is 71.3 Å². The molecule has 0 aliphatic carbocycles. The normalized spacial score (nSPS) is 19.5. The third kappa shape index (κ3) is 6.04. The van der Waals surface area contributed by atoms with Crippen molar-refractivity contribution < 1.29 is 9.53 Å². The number of hydrogen-bond donors (Lipinski definition) is 2. The first-order valence-electron chi connectivity index (χ1n) is 9.02. The molecule has 6 heteroatoms. The Morgan fingerprint density at radius 2 is 1.78 bits per heavy atom. The number of nitrogens with zero attached hydrogens (tertiary/aromatic N) is 1. The van der Waals surface area contributed by atoms with Crippen LogP contribution in [0, 0.1) is 0 Å². The Labute approximate surface area is 167 Å². The summed E-state index contributed by atoms with van der Waals surface area (Å²) in [6, 6.07) is 18.5. The zero-order valence-electron chi connectivity index (χ0n) is 15.6. The van der Waals surface area contributed by atoms with E-state index in [1.165, 1.54) is 5.56 Å². The molecule has 27 heavy (non-hydrogen) atoms. The standard InChI is InChI=1S/C21H27N3O2.ClH/c1-26-15-17-9-7-16(8-10-17)11-23-21(25)14-24-12-19(20(22)13-24)18-5-3-2-4-6-18;/h2-10,19-20H,11-15,22H2,1H3,(H,23,25);1H/t19-,20+;/m0./s1. The van der Waals surface area contributed by atoms with Crippen molar-refractivity contribution in [1.29, 1.82) is 0 Å². The van der Waals surface area contributed by atoms with E-state index in [0.29, 0.717) is 19.7 Å². The third-order valence-electron chi connectivity index (χ3n) is 4.86. The minimum absolute atomic E-state index is 0. The number of carbonyl (C=O) groups is 1. The molecule has 0 bridgehead atoms. The predicted molar refractivity (Wildman–Crippen MR) is 110 cm³/mol. The lowest BCUT2D eigenvalue weighted by Crippen LogP contribution is -2.37. The van der Waals surface area contributed by atoms with Crippen LogP contribution < -0.4 is 11.1 Å². The number of methoxy groups -OCH3 is 1. The topological polar surface area (TPSA) is 67.6 Å². The minimum atomic E-state index is 0. The Kier molecular flexibility index (Phi) is 8.25. The lowest BCUT2D eigenvalue weighted by Gasteiger charge is -2.16. The van der Waals surface area contributed by atoms with Crippen molar-refractivity contribution in [3.8, 4) is 0 Å². The maximum Gasteiger partial charge on any atom is 0.234 e. The molecule has 2 aromatic carbocycles. The Bertz CT molecular complexity index is 709. The van der Waals surface area contributed by atoms with Crippen molar-refractivity contribution in [2.24, 2.45) is 5.73 Å². The van der Waals surface area contributed by atoms with Gasteiger partial charge in [0.1, 0.15) is 0 Å². The first-order chi connectivity index (χ1) is 12.7. The third-order valence-corrected chi connectivity index (χ3v) is 4.86. The zero-order chi connectivity index (χ0) is 18.4. The lowest BCUT2D eigenvalue weighted by molar-refractivity contribution is -0.122. The number of amides is 1. The molecule has 146 valence electrons. The molecule has 0 radical (unpaired) electrons. The second-order valence-electron chi connectivity index (χ2n) is 6.90. The van der Waals surface area contributed by atoms with Gasteiger partial charge in [-0.15, -0.1) is 12.4 Å². The molecule has 0 aromatic heterocycles. The van der Waals surface area contributed by atoms with Gasteiger partial charge in [-0.2, -0.15) is 0 Å². The molecule has 3 rings (SSSR count). The molecule has 0 unspecified atom stereocenters. The van der Waals surface area contributed by atoms with Gasteiger partial charge in [0.2, 0.25) is 5.91 Å². The number of likely N-dealkylation sites (tertiary alicyclic amines) is 1. The fourth-order valence-electron chi connectivity index (χ4n) is 3.48. The molecule has 1 aliphatic rings. The molecule has 3 N–H and O–H groups in total. The number of halogens is 1. The molecule has 2 atom stereocenters. The molecule has 2 aromatic rings. The average molecular weight is 390 g/mol. The highest BCUT2D eigenvalue weighted by Crippen LogP contribution is 2.25. The van der Waals surface area contributed by atoms with E-state index < -0.39 is 0 Å². The first kappa shape index (κ1) is 21.4. The number of rotatable bonds is 7. The molecule has 5 nitrogen and oxygen atoms in total. The molecular weight excluding hydrogens is 362 g/mol. The molecule has 1 amide bonds. The summed E-state index contributed by atoms with van der Waals surface area (Å²) in [5.41, 5.74) is 9.75. The van der Waals surface area contributed by atoms with Gasteiger partial charge in [0.05, 0.1) is 13.2 Å². The van der Waals surface area contributed by atoms with E-state index in [0.717, 1.165) is 24.2 Å². The van der Waals surface area contributed by atoms with E-state index in [-0.39, 0.29) is 30.3 Å². The zero-order valence-corrected chi connectivity index (χ0v) is 16.5. The molecule has 1 aliphatic heterocycles. The van der Waals surface area contributed by atoms with Crippen LogP contribution >= 0.6 is 12.4 Å². The fraction of sp³-hybridized carbons (Fsp3) is 0.381. The van der Waals surface area contributed by atoms with E-state index in [1.807, 2.05) is 42.5 Å². The Morgan fingerprint density at radius 1 is 1.11 bits per heavy atom. The van der Waals surface area contributed by atoms with E-state index in [9.17, 15) is 4.79 Å². The summed E-state index contributed by atoms with van der Waals surface area (Å²) >= 11 is 0. The molecule has 0 saturated carbocycles. The second kappa shape index (κ2) is 10.4. The van der Waals surface area contributed by atoms with E-state index in [4.69, 9.17) is 10.5 Å². The summed E-state index contributed by atoms with van der Waals surface area (Å²) in [6.07, 6.45) is 0. The fourth-order valence-corrected chi connectivity index (χ4v) is 3.48. The number of benzene rings is 2. The number of hydrogen-bond acceptors (Lipinski definition) is 4. The molecule has 0 spiro atoms. The van der Waals surface area contributed by atoms with Crippen LogP contribution in [0.2, 0.25) is 0 Å². The lowest BCUT2D eigenvalue weighted by atomic mass is 9.95. The highest BCUT2D eigenvalue weighted by atomic mass is 35.5. The van der Waals surface area contributed by atoms with Crippen LogP contribution in [0.15, 0.2) is 54.6 Å². The monoisotopic (exact) mass is 389 g/mol. The van der Waals surface area contributed by atoms with Gasteiger partial charge in [-0.25, -0.2) is 0 Å². The second-order valence-corrected chi connectivity index (χ2v) is 6.90. The number of ether oxygens (including phenoxy) is 1. The van der Waals surface area contributed by atoms with E-state index in [2.05, 4.69) is 22.3 Å². The summed E-state index contributed by atoms with van der Waals surface area (Å²) < 4.78 is 5.10. The van der Waals surface area contributed by atoms with Gasteiger partial charge < -0.3 is 15.8 Å². The van der Waals surface area contributed by atoms with Gasteiger partial charge in [-0.05, 0) is 16.7 Å². The van der Waals surface area contributed by atoms with Gasteiger partial charge in [-0.1, -0.05) is 54.6 Å². The molecule has 1 saturated heterocycles. The molecular formula is C21H28ClN3O2. The van der Waals surface area contributed by atoms with Crippen molar-refractivity contribution in [2.45, 2.75) is 25.1 Å². The number of carbonyl (C=O) groups excluding carboxylic acids is 1. The summed E-state index contributed by atoms with van der Waals surface area (Å²) in [7, 11) is 1.68. The van der Waals surface area contributed by atoms with Crippen molar-refractivity contribution in [2.75, 3.05) is 26.7 Å². The maximum absolute atomic E-state index is 12.3. The van der Waals surface area contributed by atoms with Crippen LogP contribution in [0.25, 0.3) is 0 Å². The van der Waals surface area contributed by atoms with Crippen molar-refractivity contribution in [3.63, 3.8) is 0 Å². The average Bonchev–Trinajstić information content (AvgIpc) is 3.02. The van der Waals surface area contributed by atoms with E-state index in [1.54, 1.807) is 7.11 Å². The van der Waals surface area contributed by atoms with Crippen LogP contribution in [0.3, 0.4) is 0 Å². The van der Waals surface area contributed by atoms with Crippen LogP contribution in [-0.4, -0.2) is 43.6 Å². The molecule has 1 heterocycles. The Hall–Kier alpha value is -1.92. The summed E-state index contributed by atoms with van der Waals surface area (Å²) in [4.78, 5) is 14.4. The van der Waals surface area contributed by atoms with Crippen LogP contribution in [0.5, 0.6) is 0 Å². The Morgan fingerprint density at radius 3 is 2.44 bits per heavy atom. The number of nitrogens with two attached hydrogens (primary N) is 1. The highest BCUT2D eigenvalue weighted by Gasteiger charge is 2.31. The van der Waals surface area contributed by atoms with Gasteiger partial charge in [0.25, 0.3) is 0 Å². The minimum Gasteiger partial charge on any atom is -0.380 e. The summed E-state index contributed by atoms with van der Waals surface area (Å²) in [5.74, 6) is 0.323. The van der Waals surface area contributed by atoms with Gasteiger partial charge in [-0.3, -0.25) is 9.69 Å². The van der Waals surface area contributed by atoms with E-state index >= 15 is 0 Å². The smallest absolute Gasteiger partial charge is 0.234 e. The number of nitrogens with one attached hydrogen (secondary N) is 1.